The lowest BCUT2D eigenvalue weighted by atomic mass is 9.70. The molecule has 0 bridgehead atoms. The number of aromatic nitrogens is 1. The molecule has 0 fully saturated rings. The van der Waals surface area contributed by atoms with Crippen LogP contribution in [0.15, 0.2) is 237 Å². The lowest BCUT2D eigenvalue weighted by Gasteiger charge is -2.31. The van der Waals surface area contributed by atoms with Gasteiger partial charge in [-0.05, 0) is 130 Å². The fourth-order valence-electron chi connectivity index (χ4n) is 11.2. The highest BCUT2D eigenvalue weighted by molar-refractivity contribution is 6.22. The van der Waals surface area contributed by atoms with Gasteiger partial charge in [0.2, 0.25) is 0 Å². The summed E-state index contributed by atoms with van der Waals surface area (Å²) in [6.45, 7) is 0. The van der Waals surface area contributed by atoms with E-state index >= 15 is 0 Å². The summed E-state index contributed by atoms with van der Waals surface area (Å²) in [5, 5.41) is 4.95. The molecule has 0 radical (unpaired) electrons. The normalized spacial score (nSPS) is 13.0. The molecule has 1 aromatic heterocycles. The largest absolute Gasteiger partial charge is 0.309 e. The third-order valence-electron chi connectivity index (χ3n) is 13.6. The monoisotopic (exact) mass is 785 g/mol. The van der Waals surface area contributed by atoms with Crippen LogP contribution in [0.2, 0.25) is 0 Å². The Morgan fingerprint density at radius 2 is 0.677 bits per heavy atom. The molecular weight excluding hydrogens is 747 g/mol. The quantitative estimate of drug-likeness (QED) is 0.153. The Balaban J connectivity index is 1.14. The zero-order valence-corrected chi connectivity index (χ0v) is 34.0. The minimum absolute atomic E-state index is 0.434. The van der Waals surface area contributed by atoms with Gasteiger partial charge in [0.25, 0.3) is 0 Å². The second-order valence-corrected chi connectivity index (χ2v) is 16.7. The molecule has 10 aromatic carbocycles. The zero-order chi connectivity index (χ0) is 40.8. The van der Waals surface area contributed by atoms with Crippen LogP contribution < -0.4 is 0 Å². The van der Waals surface area contributed by atoms with Crippen molar-refractivity contribution in [3.63, 3.8) is 0 Å². The van der Waals surface area contributed by atoms with Gasteiger partial charge in [0.05, 0.1) is 16.8 Å². The summed E-state index contributed by atoms with van der Waals surface area (Å²) in [7, 11) is 0. The van der Waals surface area contributed by atoms with Crippen LogP contribution in [0.4, 0.5) is 0 Å². The van der Waals surface area contributed by atoms with E-state index in [-0.39, 0.29) is 0 Å². The Bertz CT molecular complexity index is 3440. The van der Waals surface area contributed by atoms with E-state index in [2.05, 4.69) is 241 Å². The van der Waals surface area contributed by atoms with Crippen molar-refractivity contribution in [2.24, 2.45) is 0 Å². The first-order valence-corrected chi connectivity index (χ1v) is 21.6. The smallest absolute Gasteiger partial charge is 0.0725 e. The third-order valence-corrected chi connectivity index (χ3v) is 13.6. The molecule has 13 rings (SSSR count). The Morgan fingerprint density at radius 3 is 1.21 bits per heavy atom. The fraction of sp³-hybridized carbons (Fsp3) is 0.0164. The van der Waals surface area contributed by atoms with Gasteiger partial charge in [-0.1, -0.05) is 206 Å². The van der Waals surface area contributed by atoms with Gasteiger partial charge in [-0.25, -0.2) is 0 Å². The van der Waals surface area contributed by atoms with E-state index in [1.54, 1.807) is 0 Å². The minimum atomic E-state index is -0.434. The Kier molecular flexibility index (Phi) is 7.59. The van der Waals surface area contributed by atoms with E-state index in [4.69, 9.17) is 0 Å². The predicted molar refractivity (Wildman–Crippen MR) is 259 cm³/mol. The lowest BCUT2D eigenvalue weighted by molar-refractivity contribution is 0.794. The molecule has 0 saturated carbocycles. The number of fused-ring (bicyclic) bond motifs is 12. The van der Waals surface area contributed by atoms with Crippen LogP contribution in [-0.2, 0) is 5.41 Å². The van der Waals surface area contributed by atoms with E-state index < -0.39 is 5.41 Å². The molecule has 2 aliphatic rings. The van der Waals surface area contributed by atoms with Crippen LogP contribution in [0.1, 0.15) is 22.3 Å². The van der Waals surface area contributed by atoms with Gasteiger partial charge in [0.1, 0.15) is 0 Å². The van der Waals surface area contributed by atoms with Gasteiger partial charge in [-0.3, -0.25) is 0 Å². The van der Waals surface area contributed by atoms with Crippen molar-refractivity contribution in [2.45, 2.75) is 5.41 Å². The summed E-state index contributed by atoms with van der Waals surface area (Å²) in [6.07, 6.45) is 0. The predicted octanol–water partition coefficient (Wildman–Crippen LogP) is 15.8. The van der Waals surface area contributed by atoms with Crippen LogP contribution in [0.25, 0.3) is 94.3 Å². The molecule has 1 heterocycles. The van der Waals surface area contributed by atoms with Gasteiger partial charge in [-0.15, -0.1) is 0 Å². The van der Waals surface area contributed by atoms with Crippen molar-refractivity contribution in [2.75, 3.05) is 0 Å². The second-order valence-electron chi connectivity index (χ2n) is 16.7. The van der Waals surface area contributed by atoms with Crippen LogP contribution in [0.3, 0.4) is 0 Å². The number of benzene rings is 10. The Labute approximate surface area is 361 Å². The molecule has 2 aliphatic carbocycles. The average Bonchev–Trinajstić information content (AvgIpc) is 4.01. The molecule has 1 spiro atoms. The van der Waals surface area contributed by atoms with Crippen LogP contribution in [-0.4, -0.2) is 4.57 Å². The molecule has 288 valence electrons. The molecule has 62 heavy (non-hydrogen) atoms. The first-order chi connectivity index (χ1) is 30.8. The molecule has 0 amide bonds. The van der Waals surface area contributed by atoms with Crippen molar-refractivity contribution in [1.29, 1.82) is 0 Å². The van der Waals surface area contributed by atoms with Gasteiger partial charge < -0.3 is 4.57 Å². The van der Waals surface area contributed by atoms with Crippen molar-refractivity contribution >= 4 is 21.5 Å². The number of hydrogen-bond acceptors (Lipinski definition) is 0. The fourth-order valence-corrected chi connectivity index (χ4v) is 11.2. The highest BCUT2D eigenvalue weighted by Gasteiger charge is 2.51. The molecule has 0 atom stereocenters. The summed E-state index contributed by atoms with van der Waals surface area (Å²) < 4.78 is 2.45. The van der Waals surface area contributed by atoms with E-state index in [9.17, 15) is 0 Å². The highest BCUT2D eigenvalue weighted by Crippen LogP contribution is 2.63. The minimum Gasteiger partial charge on any atom is -0.309 e. The summed E-state index contributed by atoms with van der Waals surface area (Å²) in [6, 6.07) is 87.9. The van der Waals surface area contributed by atoms with Gasteiger partial charge in [0.15, 0.2) is 0 Å². The maximum absolute atomic E-state index is 2.55. The third kappa shape index (κ3) is 4.85. The first-order valence-electron chi connectivity index (χ1n) is 21.6. The van der Waals surface area contributed by atoms with Crippen molar-refractivity contribution in [1.82, 2.24) is 4.57 Å². The van der Waals surface area contributed by atoms with Gasteiger partial charge >= 0.3 is 0 Å². The van der Waals surface area contributed by atoms with E-state index in [1.807, 2.05) is 0 Å². The molecule has 11 aromatic rings. The molecule has 0 aliphatic heterocycles. The summed E-state index contributed by atoms with van der Waals surface area (Å²) >= 11 is 0. The molecule has 1 heteroatoms. The van der Waals surface area contributed by atoms with Crippen LogP contribution in [0.5, 0.6) is 0 Å². The van der Waals surface area contributed by atoms with Crippen molar-refractivity contribution < 1.29 is 0 Å². The second kappa shape index (κ2) is 13.5. The van der Waals surface area contributed by atoms with E-state index in [0.29, 0.717) is 0 Å². The Morgan fingerprint density at radius 1 is 0.258 bits per heavy atom. The SMILES string of the molecule is c1ccc(-c2c3ccccc3c(-c3ccc4c(c3)C3(c5ccccc5-c5ccccc53)c3ccccc3-4)c3cc(-n4c(-c5ccccc5)ccc4-c4ccccc4)ccc23)cc1. The molecule has 1 nitrogen and oxygen atoms in total. The molecule has 0 N–H and O–H groups in total. The van der Waals surface area contributed by atoms with Crippen molar-refractivity contribution in [3.8, 4) is 72.7 Å². The van der Waals surface area contributed by atoms with E-state index in [1.165, 1.54) is 99.4 Å². The number of nitrogens with zero attached hydrogens (tertiary/aromatic N) is 1. The van der Waals surface area contributed by atoms with Gasteiger partial charge in [0, 0.05) is 5.69 Å². The molecular formula is C61H39N. The zero-order valence-electron chi connectivity index (χ0n) is 34.0. The molecule has 0 saturated heterocycles. The maximum atomic E-state index is 2.55. The average molecular weight is 786 g/mol. The Hall–Kier alpha value is -8.00. The van der Waals surface area contributed by atoms with E-state index in [0.717, 1.165) is 17.1 Å². The standard InChI is InChI=1S/C61H39N/c1-4-18-40(19-5-1)57-36-37-58(41-20-6-2-7-21-41)62(57)44-33-35-51-52(39-44)60(50-28-11-10-27-49(50)59(51)42-22-8-3-9-23-42)43-32-34-48-47-26-14-17-31-55(47)61(56(48)38-43)53-29-15-12-24-45(53)46-25-13-16-30-54(46)61/h1-39H. The number of hydrogen-bond donors (Lipinski definition) is 0. The molecule has 0 unspecified atom stereocenters. The highest BCUT2D eigenvalue weighted by atomic mass is 15.0. The van der Waals surface area contributed by atoms with Crippen LogP contribution in [0, 0.1) is 0 Å². The first kappa shape index (κ1) is 34.8. The summed E-state index contributed by atoms with van der Waals surface area (Å²) in [5.41, 5.74) is 21.0. The summed E-state index contributed by atoms with van der Waals surface area (Å²) in [5.74, 6) is 0. The van der Waals surface area contributed by atoms with Gasteiger partial charge in [-0.2, -0.15) is 0 Å². The topological polar surface area (TPSA) is 4.93 Å². The number of rotatable bonds is 5. The lowest BCUT2D eigenvalue weighted by Crippen LogP contribution is -2.25. The van der Waals surface area contributed by atoms with Crippen molar-refractivity contribution in [3.05, 3.63) is 259 Å². The maximum Gasteiger partial charge on any atom is 0.0725 e. The summed E-state index contributed by atoms with van der Waals surface area (Å²) in [4.78, 5) is 0. The van der Waals surface area contributed by atoms with Crippen LogP contribution >= 0.6 is 0 Å².